The first-order chi connectivity index (χ1) is 8.69. The molecule has 0 bridgehead atoms. The fourth-order valence-corrected chi connectivity index (χ4v) is 2.22. The summed E-state index contributed by atoms with van der Waals surface area (Å²) < 4.78 is 10.3. The minimum absolute atomic E-state index is 0.0784. The average Bonchev–Trinajstić information content (AvgIpc) is 2.58. The first kappa shape index (κ1) is 15.6. The molecule has 0 spiro atoms. The molecule has 106 valence electrons. The van der Waals surface area contributed by atoms with Crippen molar-refractivity contribution >= 4 is 23.7 Å². The molecule has 0 atom stereocenters. The molecule has 0 aliphatic carbocycles. The predicted octanol–water partition coefficient (Wildman–Crippen LogP) is 2.86. The lowest BCUT2D eigenvalue weighted by Crippen LogP contribution is -2.24. The topological polar surface area (TPSA) is 76.7 Å². The van der Waals surface area contributed by atoms with Crippen LogP contribution >= 0.6 is 11.8 Å². The van der Waals surface area contributed by atoms with Crippen molar-refractivity contribution in [3.05, 3.63) is 23.2 Å². The molecule has 0 radical (unpaired) electrons. The van der Waals surface area contributed by atoms with E-state index in [2.05, 4.69) is 0 Å². The van der Waals surface area contributed by atoms with E-state index >= 15 is 0 Å². The molecule has 0 fully saturated rings. The molecule has 0 aliphatic heterocycles. The summed E-state index contributed by atoms with van der Waals surface area (Å²) in [7, 11) is 0. The predicted molar refractivity (Wildman–Crippen MR) is 72.4 cm³/mol. The number of hydrogen-bond donors (Lipinski definition) is 1. The van der Waals surface area contributed by atoms with E-state index in [1.165, 1.54) is 17.8 Å². The average molecular weight is 286 g/mol. The smallest absolute Gasteiger partial charge is 0.371 e. The van der Waals surface area contributed by atoms with Crippen molar-refractivity contribution in [1.29, 1.82) is 0 Å². The van der Waals surface area contributed by atoms with Gasteiger partial charge in [0.25, 0.3) is 0 Å². The molecule has 1 aromatic heterocycles. The van der Waals surface area contributed by atoms with Gasteiger partial charge in [0.2, 0.25) is 5.76 Å². The summed E-state index contributed by atoms with van der Waals surface area (Å²) in [6.45, 7) is 7.15. The highest BCUT2D eigenvalue weighted by Crippen LogP contribution is 2.21. The number of carboxylic acid groups (broad SMARTS) is 1. The summed E-state index contributed by atoms with van der Waals surface area (Å²) in [5.74, 6) is -0.144. The zero-order valence-electron chi connectivity index (χ0n) is 11.5. The lowest BCUT2D eigenvalue weighted by molar-refractivity contribution is -0.151. The Morgan fingerprint density at radius 3 is 2.53 bits per heavy atom. The third-order valence-corrected chi connectivity index (χ3v) is 3.08. The third-order valence-electron chi connectivity index (χ3n) is 2.13. The maximum atomic E-state index is 11.5. The Balaban J connectivity index is 2.45. The molecular weight excluding hydrogens is 268 g/mol. The fourth-order valence-electron chi connectivity index (χ4n) is 1.38. The molecule has 1 aromatic rings. The minimum Gasteiger partial charge on any atom is -0.475 e. The van der Waals surface area contributed by atoms with Crippen molar-refractivity contribution in [3.63, 3.8) is 0 Å². The number of carbonyl (C=O) groups is 2. The van der Waals surface area contributed by atoms with Crippen molar-refractivity contribution in [3.8, 4) is 0 Å². The van der Waals surface area contributed by atoms with Gasteiger partial charge in [0.1, 0.15) is 11.4 Å². The highest BCUT2D eigenvalue weighted by molar-refractivity contribution is 7.99. The second-order valence-corrected chi connectivity index (χ2v) is 6.06. The van der Waals surface area contributed by atoms with Crippen LogP contribution in [-0.4, -0.2) is 28.4 Å². The number of thioether (sulfide) groups is 1. The maximum absolute atomic E-state index is 11.5. The lowest BCUT2D eigenvalue weighted by atomic mass is 10.2. The Morgan fingerprint density at radius 1 is 1.42 bits per heavy atom. The van der Waals surface area contributed by atoms with Gasteiger partial charge >= 0.3 is 11.9 Å². The van der Waals surface area contributed by atoms with E-state index in [-0.39, 0.29) is 17.5 Å². The standard InChI is InChI=1S/C13H18O5S/c1-8-9(5-10(17-8)12(15)16)6-19-7-11(14)18-13(2,3)4/h5H,6-7H2,1-4H3,(H,15,16). The second-order valence-electron chi connectivity index (χ2n) is 5.08. The summed E-state index contributed by atoms with van der Waals surface area (Å²) in [6.07, 6.45) is 0. The molecule has 1 N–H and O–H groups in total. The number of aryl methyl sites for hydroxylation is 1. The maximum Gasteiger partial charge on any atom is 0.371 e. The van der Waals surface area contributed by atoms with Crippen LogP contribution in [-0.2, 0) is 15.3 Å². The van der Waals surface area contributed by atoms with E-state index in [0.29, 0.717) is 11.5 Å². The highest BCUT2D eigenvalue weighted by Gasteiger charge is 2.17. The van der Waals surface area contributed by atoms with Crippen LogP contribution in [0.15, 0.2) is 10.5 Å². The Kier molecular flexibility index (Phi) is 5.05. The zero-order valence-corrected chi connectivity index (χ0v) is 12.3. The molecule has 5 nitrogen and oxygen atoms in total. The van der Waals surface area contributed by atoms with Crippen LogP contribution in [0.1, 0.15) is 42.6 Å². The lowest BCUT2D eigenvalue weighted by Gasteiger charge is -2.19. The van der Waals surface area contributed by atoms with Gasteiger partial charge in [-0.05, 0) is 33.8 Å². The molecule has 0 aliphatic rings. The van der Waals surface area contributed by atoms with Crippen LogP contribution in [0.2, 0.25) is 0 Å². The monoisotopic (exact) mass is 286 g/mol. The Bertz CT molecular complexity index is 470. The first-order valence-corrected chi connectivity index (χ1v) is 6.96. The van der Waals surface area contributed by atoms with Crippen molar-refractivity contribution in [1.82, 2.24) is 0 Å². The molecule has 0 saturated heterocycles. The van der Waals surface area contributed by atoms with E-state index in [0.717, 1.165) is 5.56 Å². The van der Waals surface area contributed by atoms with Crippen LogP contribution in [0.5, 0.6) is 0 Å². The van der Waals surface area contributed by atoms with E-state index in [1.807, 2.05) is 20.8 Å². The first-order valence-electron chi connectivity index (χ1n) is 5.81. The normalized spacial score (nSPS) is 11.4. The van der Waals surface area contributed by atoms with Gasteiger partial charge in [-0.15, -0.1) is 11.8 Å². The number of carboxylic acids is 1. The molecule has 0 saturated carbocycles. The molecule has 1 rings (SSSR count). The summed E-state index contributed by atoms with van der Waals surface area (Å²) >= 11 is 1.37. The summed E-state index contributed by atoms with van der Waals surface area (Å²) in [5, 5.41) is 8.79. The molecule has 1 heterocycles. The molecule has 19 heavy (non-hydrogen) atoms. The number of hydrogen-bond acceptors (Lipinski definition) is 5. The van der Waals surface area contributed by atoms with Crippen molar-refractivity contribution in [2.24, 2.45) is 0 Å². The summed E-state index contributed by atoms with van der Waals surface area (Å²) in [5.41, 5.74) is 0.297. The van der Waals surface area contributed by atoms with E-state index < -0.39 is 11.6 Å². The minimum atomic E-state index is -1.09. The third kappa shape index (κ3) is 5.38. The molecule has 0 amide bonds. The van der Waals surface area contributed by atoms with Gasteiger partial charge in [-0.3, -0.25) is 4.79 Å². The van der Waals surface area contributed by atoms with Gasteiger partial charge < -0.3 is 14.3 Å². The molecule has 0 aromatic carbocycles. The number of furan rings is 1. The van der Waals surface area contributed by atoms with Crippen LogP contribution in [0, 0.1) is 6.92 Å². The zero-order chi connectivity index (χ0) is 14.6. The second kappa shape index (κ2) is 6.14. The number of aromatic carboxylic acids is 1. The molecule has 6 heteroatoms. The van der Waals surface area contributed by atoms with Crippen molar-refractivity contribution in [2.45, 2.75) is 39.0 Å². The molecule has 0 unspecified atom stereocenters. The van der Waals surface area contributed by atoms with E-state index in [9.17, 15) is 9.59 Å². The number of esters is 1. The largest absolute Gasteiger partial charge is 0.475 e. The Labute approximate surface area is 116 Å². The van der Waals surface area contributed by atoms with Crippen molar-refractivity contribution in [2.75, 3.05) is 5.75 Å². The van der Waals surface area contributed by atoms with Gasteiger partial charge in [-0.2, -0.15) is 0 Å². The Hall–Kier alpha value is -1.43. The number of rotatable bonds is 5. The quantitative estimate of drug-likeness (QED) is 0.839. The van der Waals surface area contributed by atoms with Crippen LogP contribution in [0.25, 0.3) is 0 Å². The Morgan fingerprint density at radius 2 is 2.05 bits per heavy atom. The molecular formula is C13H18O5S. The van der Waals surface area contributed by atoms with Gasteiger partial charge in [0.15, 0.2) is 0 Å². The van der Waals surface area contributed by atoms with Crippen LogP contribution in [0.3, 0.4) is 0 Å². The van der Waals surface area contributed by atoms with Gasteiger partial charge in [-0.1, -0.05) is 0 Å². The van der Waals surface area contributed by atoms with E-state index in [1.54, 1.807) is 6.92 Å². The van der Waals surface area contributed by atoms with Crippen LogP contribution < -0.4 is 0 Å². The fraction of sp³-hybridized carbons (Fsp3) is 0.538. The SMILES string of the molecule is Cc1oc(C(=O)O)cc1CSCC(=O)OC(C)(C)C. The highest BCUT2D eigenvalue weighted by atomic mass is 32.2. The van der Waals surface area contributed by atoms with Gasteiger partial charge in [0.05, 0.1) is 5.75 Å². The number of carbonyl (C=O) groups excluding carboxylic acids is 1. The van der Waals surface area contributed by atoms with Gasteiger partial charge in [-0.25, -0.2) is 4.79 Å². The summed E-state index contributed by atoms with van der Waals surface area (Å²) in [4.78, 5) is 22.2. The van der Waals surface area contributed by atoms with Crippen molar-refractivity contribution < 1.29 is 23.8 Å². The van der Waals surface area contributed by atoms with Gasteiger partial charge in [0, 0.05) is 11.3 Å². The number of ether oxygens (including phenoxy) is 1. The van der Waals surface area contributed by atoms with Crippen LogP contribution in [0.4, 0.5) is 0 Å². The summed E-state index contributed by atoms with van der Waals surface area (Å²) in [6, 6.07) is 1.49. The van der Waals surface area contributed by atoms with E-state index in [4.69, 9.17) is 14.3 Å².